The Hall–Kier alpha value is -0.860. The molecule has 0 aliphatic carbocycles. The lowest BCUT2D eigenvalue weighted by Crippen LogP contribution is -2.33. The van der Waals surface area contributed by atoms with Crippen LogP contribution in [0.4, 0.5) is 0 Å². The zero-order chi connectivity index (χ0) is 17.6. The quantitative estimate of drug-likeness (QED) is 0.556. The third kappa shape index (κ3) is 8.30. The van der Waals surface area contributed by atoms with Crippen molar-refractivity contribution < 1.29 is 0 Å². The van der Waals surface area contributed by atoms with Gasteiger partial charge in [0.2, 0.25) is 0 Å². The maximum atomic E-state index is 2.63. The molecule has 0 aromatic heterocycles. The minimum absolute atomic E-state index is 0.976. The number of unbranched alkanes of at least 4 members (excludes halogenated alkanes) is 1. The molecular weight excluding hydrogens is 292 g/mol. The highest BCUT2D eigenvalue weighted by molar-refractivity contribution is 5.14. The van der Waals surface area contributed by atoms with Crippen molar-refractivity contribution in [3.63, 3.8) is 0 Å². The van der Waals surface area contributed by atoms with E-state index in [-0.39, 0.29) is 0 Å². The number of likely N-dealkylation sites (tertiary alicyclic amines) is 1. The highest BCUT2D eigenvalue weighted by Gasteiger charge is 2.18. The lowest BCUT2D eigenvalue weighted by Gasteiger charge is -2.32. The van der Waals surface area contributed by atoms with Gasteiger partial charge in [0.25, 0.3) is 0 Å². The van der Waals surface area contributed by atoms with Gasteiger partial charge in [-0.25, -0.2) is 0 Å². The van der Waals surface area contributed by atoms with Crippen molar-refractivity contribution in [3.8, 4) is 0 Å². The molecule has 0 amide bonds. The molecule has 1 aromatic rings. The Morgan fingerprint density at radius 1 is 0.958 bits per heavy atom. The van der Waals surface area contributed by atoms with Crippen LogP contribution in [0.3, 0.4) is 0 Å². The minimum atomic E-state index is 0.976. The van der Waals surface area contributed by atoms with Crippen LogP contribution in [0.2, 0.25) is 0 Å². The summed E-state index contributed by atoms with van der Waals surface area (Å²) in [5.74, 6) is 0.976. The molecule has 2 rings (SSSR count). The van der Waals surface area contributed by atoms with Gasteiger partial charge in [0.05, 0.1) is 0 Å². The molecule has 1 aromatic carbocycles. The molecule has 24 heavy (non-hydrogen) atoms. The molecule has 1 fully saturated rings. The first-order valence-electron chi connectivity index (χ1n) is 10.3. The first kappa shape index (κ1) is 21.2. The summed E-state index contributed by atoms with van der Waals surface area (Å²) in [6.07, 6.45) is 7.04. The Morgan fingerprint density at radius 3 is 2.17 bits per heavy atom. The number of piperidine rings is 1. The Balaban J connectivity index is 0.00000139. The number of hydrogen-bond donors (Lipinski definition) is 0. The van der Waals surface area contributed by atoms with Crippen LogP contribution in [0.15, 0.2) is 30.3 Å². The lowest BCUT2D eigenvalue weighted by atomic mass is 9.91. The first-order chi connectivity index (χ1) is 11.8. The van der Waals surface area contributed by atoms with E-state index >= 15 is 0 Å². The van der Waals surface area contributed by atoms with Gasteiger partial charge in [-0.2, -0.15) is 0 Å². The summed E-state index contributed by atoms with van der Waals surface area (Å²) in [5, 5.41) is 0. The lowest BCUT2D eigenvalue weighted by molar-refractivity contribution is 0.169. The molecule has 0 radical (unpaired) electrons. The third-order valence-corrected chi connectivity index (χ3v) is 5.19. The molecule has 0 spiro atoms. The van der Waals surface area contributed by atoms with E-state index in [0.717, 1.165) is 12.5 Å². The zero-order valence-electron chi connectivity index (χ0n) is 16.6. The predicted octanol–water partition coefficient (Wildman–Crippen LogP) is 5.44. The van der Waals surface area contributed by atoms with Crippen LogP contribution in [-0.2, 0) is 6.54 Å². The van der Waals surface area contributed by atoms with E-state index in [1.54, 1.807) is 0 Å². The zero-order valence-corrected chi connectivity index (χ0v) is 16.6. The van der Waals surface area contributed by atoms with Gasteiger partial charge in [0, 0.05) is 6.54 Å². The highest BCUT2D eigenvalue weighted by atomic mass is 15.1. The molecule has 2 nitrogen and oxygen atoms in total. The van der Waals surface area contributed by atoms with Crippen LogP contribution in [0, 0.1) is 5.92 Å². The van der Waals surface area contributed by atoms with Crippen LogP contribution in [0.1, 0.15) is 65.4 Å². The normalized spacial score (nSPS) is 16.0. The topological polar surface area (TPSA) is 6.48 Å². The summed E-state index contributed by atoms with van der Waals surface area (Å²) in [6.45, 7) is 15.9. The van der Waals surface area contributed by atoms with Gasteiger partial charge < -0.3 is 4.90 Å². The molecule has 1 aliphatic rings. The Morgan fingerprint density at radius 2 is 1.58 bits per heavy atom. The summed E-state index contributed by atoms with van der Waals surface area (Å²) < 4.78 is 0. The molecule has 0 unspecified atom stereocenters. The summed E-state index contributed by atoms with van der Waals surface area (Å²) in [5.41, 5.74) is 1.46. The average Bonchev–Trinajstić information content (AvgIpc) is 2.66. The molecule has 0 bridgehead atoms. The fourth-order valence-corrected chi connectivity index (χ4v) is 3.58. The van der Waals surface area contributed by atoms with E-state index in [0.29, 0.717) is 0 Å². The van der Waals surface area contributed by atoms with Crippen molar-refractivity contribution in [3.05, 3.63) is 35.9 Å². The monoisotopic (exact) mass is 332 g/mol. The average molecular weight is 333 g/mol. The van der Waals surface area contributed by atoms with E-state index in [2.05, 4.69) is 54.0 Å². The molecule has 0 N–H and O–H groups in total. The number of benzene rings is 1. The van der Waals surface area contributed by atoms with E-state index < -0.39 is 0 Å². The Kier molecular flexibility index (Phi) is 11.9. The maximum Gasteiger partial charge on any atom is 0.0233 e. The summed E-state index contributed by atoms with van der Waals surface area (Å²) in [7, 11) is 0. The van der Waals surface area contributed by atoms with Crippen molar-refractivity contribution >= 4 is 0 Å². The third-order valence-electron chi connectivity index (χ3n) is 5.19. The largest absolute Gasteiger partial charge is 0.304 e. The molecule has 1 saturated heterocycles. The molecule has 0 saturated carbocycles. The predicted molar refractivity (Wildman–Crippen MR) is 107 cm³/mol. The summed E-state index contributed by atoms with van der Waals surface area (Å²) in [4.78, 5) is 5.17. The second kappa shape index (κ2) is 13.4. The van der Waals surface area contributed by atoms with E-state index in [9.17, 15) is 0 Å². The van der Waals surface area contributed by atoms with Crippen molar-refractivity contribution in [1.29, 1.82) is 0 Å². The minimum Gasteiger partial charge on any atom is -0.304 e. The molecule has 0 atom stereocenters. The SMILES string of the molecule is CC.CCN(CC)CCCCC1CCN(Cc2ccccc2)CC1. The van der Waals surface area contributed by atoms with Gasteiger partial charge in [-0.1, -0.05) is 70.9 Å². The fraction of sp³-hybridized carbons (Fsp3) is 0.727. The van der Waals surface area contributed by atoms with Crippen LogP contribution >= 0.6 is 0 Å². The number of nitrogens with zero attached hydrogens (tertiary/aromatic N) is 2. The van der Waals surface area contributed by atoms with Crippen LogP contribution in [-0.4, -0.2) is 42.5 Å². The summed E-state index contributed by atoms with van der Waals surface area (Å²) >= 11 is 0. The molecule has 2 heteroatoms. The van der Waals surface area contributed by atoms with E-state index in [1.165, 1.54) is 70.4 Å². The van der Waals surface area contributed by atoms with Gasteiger partial charge in [-0.15, -0.1) is 0 Å². The smallest absolute Gasteiger partial charge is 0.0233 e. The first-order valence-corrected chi connectivity index (χ1v) is 10.3. The van der Waals surface area contributed by atoms with Gasteiger partial charge in [0.15, 0.2) is 0 Å². The van der Waals surface area contributed by atoms with Crippen molar-refractivity contribution in [2.45, 2.75) is 66.3 Å². The summed E-state index contributed by atoms with van der Waals surface area (Å²) in [6, 6.07) is 10.9. The van der Waals surface area contributed by atoms with Crippen LogP contribution < -0.4 is 0 Å². The van der Waals surface area contributed by atoms with Gasteiger partial charge in [-0.05, 0) is 63.5 Å². The van der Waals surface area contributed by atoms with Crippen molar-refractivity contribution in [1.82, 2.24) is 9.80 Å². The van der Waals surface area contributed by atoms with Gasteiger partial charge in [-0.3, -0.25) is 4.90 Å². The Labute approximate surface area is 151 Å². The van der Waals surface area contributed by atoms with E-state index in [4.69, 9.17) is 0 Å². The molecule has 1 heterocycles. The number of hydrogen-bond acceptors (Lipinski definition) is 2. The number of rotatable bonds is 9. The standard InChI is InChI=1S/C20H34N2.C2H6/c1-3-21(4-2)15-9-8-10-19-13-16-22(17-14-19)18-20-11-6-5-7-12-20;1-2/h5-7,11-12,19H,3-4,8-10,13-18H2,1-2H3;1-2H3. The molecular formula is C22H40N2. The van der Waals surface area contributed by atoms with Crippen molar-refractivity contribution in [2.75, 3.05) is 32.7 Å². The van der Waals surface area contributed by atoms with Crippen LogP contribution in [0.25, 0.3) is 0 Å². The maximum absolute atomic E-state index is 2.63. The van der Waals surface area contributed by atoms with Gasteiger partial charge >= 0.3 is 0 Å². The van der Waals surface area contributed by atoms with Gasteiger partial charge in [0.1, 0.15) is 0 Å². The highest BCUT2D eigenvalue weighted by Crippen LogP contribution is 2.23. The van der Waals surface area contributed by atoms with E-state index in [1.807, 2.05) is 13.8 Å². The fourth-order valence-electron chi connectivity index (χ4n) is 3.58. The van der Waals surface area contributed by atoms with Crippen LogP contribution in [0.5, 0.6) is 0 Å². The molecule has 1 aliphatic heterocycles. The Bertz CT molecular complexity index is 378. The van der Waals surface area contributed by atoms with Crippen molar-refractivity contribution in [2.24, 2.45) is 5.92 Å². The second-order valence-electron chi connectivity index (χ2n) is 6.73. The molecule has 138 valence electrons. The second-order valence-corrected chi connectivity index (χ2v) is 6.73.